The Hall–Kier alpha value is -3.34. The van der Waals surface area contributed by atoms with E-state index in [1.807, 2.05) is 6.07 Å². The third kappa shape index (κ3) is 4.19. The summed E-state index contributed by atoms with van der Waals surface area (Å²) in [5.41, 5.74) is 0.930. The maximum atomic E-state index is 12.2. The molecule has 2 aromatic rings. The molecule has 1 saturated heterocycles. The lowest BCUT2D eigenvalue weighted by Gasteiger charge is -2.32. The average molecular weight is 352 g/mol. The second-order valence-corrected chi connectivity index (χ2v) is 5.95. The predicted octanol–water partition coefficient (Wildman–Crippen LogP) is 2.15. The molecule has 0 spiro atoms. The lowest BCUT2D eigenvalue weighted by atomic mass is 10.1. The van der Waals surface area contributed by atoms with Crippen molar-refractivity contribution in [2.24, 2.45) is 0 Å². The van der Waals surface area contributed by atoms with Crippen LogP contribution in [0.25, 0.3) is 0 Å². The lowest BCUT2D eigenvalue weighted by Crippen LogP contribution is -2.46. The zero-order valence-electron chi connectivity index (χ0n) is 14.5. The average Bonchev–Trinajstić information content (AvgIpc) is 2.69. The van der Waals surface area contributed by atoms with E-state index in [0.717, 1.165) is 31.7 Å². The van der Waals surface area contributed by atoms with Crippen molar-refractivity contribution in [2.45, 2.75) is 18.9 Å². The Balaban J connectivity index is 1.51. The second-order valence-electron chi connectivity index (χ2n) is 5.95. The van der Waals surface area contributed by atoms with Gasteiger partial charge >= 0.3 is 6.03 Å². The molecule has 134 valence electrons. The maximum Gasteiger partial charge on any atom is 0.319 e. The summed E-state index contributed by atoms with van der Waals surface area (Å²) in [5, 5.41) is 14.9. The Kier molecular flexibility index (Phi) is 5.49. The third-order valence-electron chi connectivity index (χ3n) is 4.28. The smallest absolute Gasteiger partial charge is 0.319 e. The number of carbonyl (C=O) groups is 1. The number of ether oxygens (including phenoxy) is 1. The summed E-state index contributed by atoms with van der Waals surface area (Å²) in [5.74, 6) is 1.34. The van der Waals surface area contributed by atoms with Gasteiger partial charge in [-0.1, -0.05) is 0 Å². The summed E-state index contributed by atoms with van der Waals surface area (Å²) in [4.78, 5) is 22.8. The molecular weight excluding hydrogens is 332 g/mol. The van der Waals surface area contributed by atoms with E-state index in [4.69, 9.17) is 10.00 Å². The lowest BCUT2D eigenvalue weighted by molar-refractivity contribution is 0.246. The first kappa shape index (κ1) is 17.5. The van der Waals surface area contributed by atoms with Crippen LogP contribution in [0.4, 0.5) is 16.3 Å². The molecule has 0 atom stereocenters. The number of aromatic nitrogens is 2. The van der Waals surface area contributed by atoms with Gasteiger partial charge < -0.3 is 20.3 Å². The van der Waals surface area contributed by atoms with Crippen molar-refractivity contribution in [3.63, 3.8) is 0 Å². The fourth-order valence-electron chi connectivity index (χ4n) is 2.93. The number of carbonyl (C=O) groups excluding carboxylic acids is 1. The second kappa shape index (κ2) is 8.16. The van der Waals surface area contributed by atoms with Gasteiger partial charge in [-0.3, -0.25) is 4.98 Å². The van der Waals surface area contributed by atoms with E-state index >= 15 is 0 Å². The Morgan fingerprint density at radius 1 is 1.35 bits per heavy atom. The molecule has 2 amide bonds. The van der Waals surface area contributed by atoms with Crippen LogP contribution in [0.2, 0.25) is 0 Å². The van der Waals surface area contributed by atoms with E-state index in [1.165, 1.54) is 7.11 Å². The van der Waals surface area contributed by atoms with E-state index in [0.29, 0.717) is 17.0 Å². The third-order valence-corrected chi connectivity index (χ3v) is 4.28. The molecule has 1 aliphatic rings. The Morgan fingerprint density at radius 3 is 2.81 bits per heavy atom. The molecule has 0 saturated carbocycles. The van der Waals surface area contributed by atoms with Gasteiger partial charge in [0.25, 0.3) is 0 Å². The van der Waals surface area contributed by atoms with Crippen molar-refractivity contribution in [3.05, 3.63) is 42.4 Å². The molecule has 2 heterocycles. The molecule has 26 heavy (non-hydrogen) atoms. The van der Waals surface area contributed by atoms with Gasteiger partial charge in [-0.05, 0) is 31.0 Å². The van der Waals surface area contributed by atoms with Crippen LogP contribution >= 0.6 is 0 Å². The number of urea groups is 1. The van der Waals surface area contributed by atoms with Crippen molar-refractivity contribution >= 4 is 17.5 Å². The van der Waals surface area contributed by atoms with E-state index in [1.54, 1.807) is 36.8 Å². The van der Waals surface area contributed by atoms with Gasteiger partial charge in [0.05, 0.1) is 18.9 Å². The number of nitriles is 1. The minimum atomic E-state index is -0.281. The van der Waals surface area contributed by atoms with Gasteiger partial charge in [0.1, 0.15) is 17.6 Å². The van der Waals surface area contributed by atoms with E-state index in [-0.39, 0.29) is 12.1 Å². The van der Waals surface area contributed by atoms with Gasteiger partial charge in [-0.25, -0.2) is 9.78 Å². The minimum Gasteiger partial charge on any atom is -0.495 e. The molecule has 0 radical (unpaired) electrons. The quantitative estimate of drug-likeness (QED) is 0.874. The van der Waals surface area contributed by atoms with E-state index in [2.05, 4.69) is 25.5 Å². The van der Waals surface area contributed by atoms with Crippen LogP contribution in [0.3, 0.4) is 0 Å². The highest BCUT2D eigenvalue weighted by Gasteiger charge is 2.21. The van der Waals surface area contributed by atoms with Crippen LogP contribution in [0, 0.1) is 11.3 Å². The molecule has 1 aromatic heterocycles. The summed E-state index contributed by atoms with van der Waals surface area (Å²) in [6.07, 6.45) is 6.74. The molecule has 8 nitrogen and oxygen atoms in total. The van der Waals surface area contributed by atoms with Crippen molar-refractivity contribution < 1.29 is 9.53 Å². The first-order valence-corrected chi connectivity index (χ1v) is 8.36. The van der Waals surface area contributed by atoms with Gasteiger partial charge in [-0.2, -0.15) is 5.26 Å². The summed E-state index contributed by atoms with van der Waals surface area (Å²) in [7, 11) is 1.50. The largest absolute Gasteiger partial charge is 0.495 e. The SMILES string of the molecule is COc1ccc(NC(=O)NC2CCN(c3cnccn3)CC2)cc1C#N. The summed E-state index contributed by atoms with van der Waals surface area (Å²) in [6.45, 7) is 1.62. The predicted molar refractivity (Wildman–Crippen MR) is 97.1 cm³/mol. The summed E-state index contributed by atoms with van der Waals surface area (Å²) >= 11 is 0. The zero-order chi connectivity index (χ0) is 18.4. The zero-order valence-corrected chi connectivity index (χ0v) is 14.5. The number of hydrogen-bond acceptors (Lipinski definition) is 6. The van der Waals surface area contributed by atoms with Crippen molar-refractivity contribution in [2.75, 3.05) is 30.4 Å². The van der Waals surface area contributed by atoms with Gasteiger partial charge in [-0.15, -0.1) is 0 Å². The monoisotopic (exact) mass is 352 g/mol. The standard InChI is InChI=1S/C18H20N6O2/c1-26-16-3-2-15(10-13(16)11-19)23-18(25)22-14-4-8-24(9-5-14)17-12-20-6-7-21-17/h2-3,6-7,10,12,14H,4-5,8-9H2,1H3,(H2,22,23,25). The number of hydrogen-bond donors (Lipinski definition) is 2. The molecule has 1 aliphatic heterocycles. The van der Waals surface area contributed by atoms with Crippen LogP contribution < -0.4 is 20.3 Å². The minimum absolute atomic E-state index is 0.0941. The van der Waals surface area contributed by atoms with Crippen LogP contribution in [0.1, 0.15) is 18.4 Å². The molecule has 0 bridgehead atoms. The highest BCUT2D eigenvalue weighted by atomic mass is 16.5. The number of anilines is 2. The fraction of sp³-hybridized carbons (Fsp3) is 0.333. The summed E-state index contributed by atoms with van der Waals surface area (Å²) in [6, 6.07) is 6.82. The van der Waals surface area contributed by atoms with Gasteiger partial charge in [0.15, 0.2) is 0 Å². The first-order valence-electron chi connectivity index (χ1n) is 8.36. The van der Waals surface area contributed by atoms with Crippen LogP contribution in [0.5, 0.6) is 5.75 Å². The van der Waals surface area contributed by atoms with Gasteiger partial charge in [0, 0.05) is 37.2 Å². The molecule has 1 fully saturated rings. The highest BCUT2D eigenvalue weighted by molar-refractivity contribution is 5.89. The van der Waals surface area contributed by atoms with Crippen molar-refractivity contribution in [1.82, 2.24) is 15.3 Å². The van der Waals surface area contributed by atoms with Crippen molar-refractivity contribution in [3.8, 4) is 11.8 Å². The molecule has 3 rings (SSSR count). The van der Waals surface area contributed by atoms with E-state index in [9.17, 15) is 4.79 Å². The molecule has 0 aliphatic carbocycles. The number of benzene rings is 1. The van der Waals surface area contributed by atoms with E-state index < -0.39 is 0 Å². The number of methoxy groups -OCH3 is 1. The number of nitrogens with zero attached hydrogens (tertiary/aromatic N) is 4. The Labute approximate surface area is 151 Å². The number of nitrogens with one attached hydrogen (secondary N) is 2. The summed E-state index contributed by atoms with van der Waals surface area (Å²) < 4.78 is 5.10. The maximum absolute atomic E-state index is 12.2. The topological polar surface area (TPSA) is 103 Å². The highest BCUT2D eigenvalue weighted by Crippen LogP contribution is 2.22. The Morgan fingerprint density at radius 2 is 2.15 bits per heavy atom. The number of rotatable bonds is 4. The molecular formula is C18H20N6O2. The number of piperidine rings is 1. The molecule has 2 N–H and O–H groups in total. The van der Waals surface area contributed by atoms with Gasteiger partial charge in [0.2, 0.25) is 0 Å². The molecule has 0 unspecified atom stereocenters. The number of amides is 2. The molecule has 8 heteroatoms. The molecule has 1 aromatic carbocycles. The normalized spacial score (nSPS) is 14.4. The van der Waals surface area contributed by atoms with Crippen LogP contribution in [0.15, 0.2) is 36.8 Å². The first-order chi connectivity index (χ1) is 12.7. The fourth-order valence-corrected chi connectivity index (χ4v) is 2.93. The van der Waals surface area contributed by atoms with Crippen molar-refractivity contribution in [1.29, 1.82) is 5.26 Å². The van der Waals surface area contributed by atoms with Crippen LogP contribution in [-0.2, 0) is 0 Å². The van der Waals surface area contributed by atoms with Crippen LogP contribution in [-0.4, -0.2) is 42.2 Å². The Bertz CT molecular complexity index is 797.